The van der Waals surface area contributed by atoms with E-state index in [-0.39, 0.29) is 101 Å². The summed E-state index contributed by atoms with van der Waals surface area (Å²) >= 11 is 4.43. The lowest BCUT2D eigenvalue weighted by Gasteiger charge is -2.23. The van der Waals surface area contributed by atoms with Gasteiger partial charge in [-0.2, -0.15) is 0 Å². The lowest BCUT2D eigenvalue weighted by atomic mass is 9.86. The predicted molar refractivity (Wildman–Crippen MR) is 562 cm³/mol. The highest BCUT2D eigenvalue weighted by Gasteiger charge is 2.40. The zero-order valence-corrected chi connectivity index (χ0v) is 86.1. The van der Waals surface area contributed by atoms with Crippen molar-refractivity contribution in [1.82, 2.24) is 44.6 Å². The average molecular weight is 1960 g/mol. The SMILES string of the molecule is CC(C)(C)COc1ccc(-c2cnc(-c3ccc(C[C@H](CC(=O)c4ccc(C(C)(C)C)s4)C(=O)N4CC[C@H](C(=O)O)C4)cc3)nc2)cc1.CC(C)(C)c1ccc(-c2cnc(-c3ccc(C[C@H](CC(=O)c4ccc(C(C)(C)C)s4)C(=O)N4CC[C@H](C(=O)O)C4)cc3)nc2)cc1.CC(C)(C)c1ccc(C(=O)C[C@@H](Cc2ccc(-c3ncc(-c4ccc(-c5ccccc5)cc4)cn3)cc2)C(=O)N2CC[C@H](C(=O)O)C2)s1. The van der Waals surface area contributed by atoms with Gasteiger partial charge in [0.05, 0.1) is 39.0 Å². The fourth-order valence-corrected chi connectivity index (χ4v) is 20.5. The van der Waals surface area contributed by atoms with Crippen molar-refractivity contribution in [2.75, 3.05) is 45.9 Å². The van der Waals surface area contributed by atoms with Gasteiger partial charge in [-0.25, -0.2) is 29.9 Å². The number of aliphatic carboxylic acids is 3. The Balaban J connectivity index is 0.000000169. The number of carbonyl (C=O) groups is 9. The van der Waals surface area contributed by atoms with Crippen LogP contribution in [0.4, 0.5) is 0 Å². The van der Waals surface area contributed by atoms with Crippen LogP contribution in [-0.4, -0.2) is 159 Å². The number of benzene rings is 7. The molecule has 6 aromatic heterocycles. The van der Waals surface area contributed by atoms with Crippen LogP contribution in [0, 0.1) is 40.9 Å². The van der Waals surface area contributed by atoms with E-state index in [1.807, 2.05) is 176 Å². The standard InChI is InChI=1S/C40H39N3O4S.C39H45N3O5S.C38H43N3O4S/c1-40(2,3)36-18-17-35(48-36)34(44)22-32(38(45)43-20-19-31(25-43)39(46)47)21-26-9-11-30(12-10-26)37-41-23-33(24-42-37)29-15-13-28(14-16-29)27-7-5-4-6-8-27;1-38(2,3)24-47-31-13-11-26(12-14-31)30-21-40-35(41-22-30)27-9-7-25(8-10-27)19-29(36(44)42-18-17-28(23-42)37(45)46)20-32(43)33-15-16-34(48-33)39(4,5)6;1-37(2,3)30-13-11-25(12-14-30)29-21-39-34(40-22-29)26-9-7-24(8-10-26)19-28(35(43)41-18-17-27(23-41)36(44)45)20-31(42)32-15-16-33(46-32)38(4,5)6/h4-18,23-24,31-32H,19-22,25H2,1-3H3,(H,46,47);7-16,21-22,28-29H,17-20,23-24H2,1-6H3,(H,45,46);7-16,21-22,27-28H,17-20,23H2,1-6H3,(H,44,45)/t31-,32+;28-,29+;27-,28+/m000/s1. The van der Waals surface area contributed by atoms with Crippen LogP contribution in [0.2, 0.25) is 0 Å². The van der Waals surface area contributed by atoms with Crippen LogP contribution in [-0.2, 0) is 69.7 Å². The fraction of sp³-hybridized carbons (Fsp3) is 0.359. The second-order valence-electron chi connectivity index (χ2n) is 42.8. The van der Waals surface area contributed by atoms with Gasteiger partial charge in [-0.05, 0) is 164 Å². The Morgan fingerprint density at radius 3 is 0.831 bits per heavy atom. The van der Waals surface area contributed by atoms with Crippen LogP contribution in [0.15, 0.2) is 250 Å². The summed E-state index contributed by atoms with van der Waals surface area (Å²) in [4.78, 5) is 154. The summed E-state index contributed by atoms with van der Waals surface area (Å²) in [5.41, 5.74) is 14.7. The minimum atomic E-state index is -0.892. The number of hydrogen-bond donors (Lipinski definition) is 3. The number of aromatic nitrogens is 6. The zero-order valence-electron chi connectivity index (χ0n) is 83.6. The summed E-state index contributed by atoms with van der Waals surface area (Å²) in [6, 6.07) is 69.8. The van der Waals surface area contributed by atoms with Crippen molar-refractivity contribution in [1.29, 1.82) is 0 Å². The van der Waals surface area contributed by atoms with E-state index < -0.39 is 53.4 Å². The van der Waals surface area contributed by atoms with Crippen LogP contribution in [0.25, 0.3) is 78.7 Å². The molecule has 7 aromatic carbocycles. The van der Waals surface area contributed by atoms with E-state index in [9.17, 15) is 58.5 Å². The number of rotatable bonds is 30. The quantitative estimate of drug-likeness (QED) is 0.0352. The van der Waals surface area contributed by atoms with E-state index in [1.54, 1.807) is 27.1 Å². The van der Waals surface area contributed by atoms with Crippen molar-refractivity contribution >= 4 is 87.0 Å². The Labute approximate surface area is 844 Å². The Morgan fingerprint density at radius 2 is 0.577 bits per heavy atom. The molecule has 0 aliphatic carbocycles. The third-order valence-corrected chi connectivity index (χ3v) is 30.7. The van der Waals surface area contributed by atoms with E-state index in [0.717, 1.165) is 92.7 Å². The molecule has 3 aliphatic heterocycles. The van der Waals surface area contributed by atoms with Crippen LogP contribution in [0.1, 0.15) is 208 Å². The van der Waals surface area contributed by atoms with Crippen molar-refractivity contribution < 1.29 is 63.2 Å². The third kappa shape index (κ3) is 27.6. The minimum absolute atomic E-state index is 0.0627. The lowest BCUT2D eigenvalue weighted by Crippen LogP contribution is -2.37. The second kappa shape index (κ2) is 45.2. The van der Waals surface area contributed by atoms with Gasteiger partial charge in [0.25, 0.3) is 0 Å². The molecule has 16 rings (SSSR count). The largest absolute Gasteiger partial charge is 0.493 e. The molecule has 22 nitrogen and oxygen atoms in total. The summed E-state index contributed by atoms with van der Waals surface area (Å²) in [6.45, 7) is 34.3. The molecule has 13 aromatic rings. The molecular formula is C117H127N9O13S3. The van der Waals surface area contributed by atoms with Crippen molar-refractivity contribution in [2.45, 2.75) is 183 Å². The molecule has 9 heterocycles. The van der Waals surface area contributed by atoms with Gasteiger partial charge in [0, 0.05) is 161 Å². The van der Waals surface area contributed by atoms with E-state index in [0.29, 0.717) is 96.9 Å². The summed E-state index contributed by atoms with van der Waals surface area (Å²) in [6.07, 6.45) is 13.5. The van der Waals surface area contributed by atoms with Gasteiger partial charge in [-0.15, -0.1) is 34.0 Å². The molecule has 3 N–H and O–H groups in total. The van der Waals surface area contributed by atoms with Gasteiger partial charge < -0.3 is 34.8 Å². The summed E-state index contributed by atoms with van der Waals surface area (Å²) in [7, 11) is 0. The van der Waals surface area contributed by atoms with Crippen molar-refractivity contribution in [3.8, 4) is 84.4 Å². The molecule has 0 spiro atoms. The number of ketones is 3. The highest BCUT2D eigenvalue weighted by molar-refractivity contribution is 7.15. The third-order valence-electron chi connectivity index (χ3n) is 26.1. The smallest absolute Gasteiger partial charge is 0.308 e. The minimum Gasteiger partial charge on any atom is -0.493 e. The Morgan fingerprint density at radius 1 is 0.317 bits per heavy atom. The molecule has 0 radical (unpaired) electrons. The molecule has 736 valence electrons. The summed E-state index contributed by atoms with van der Waals surface area (Å²) < 4.78 is 5.88. The highest BCUT2D eigenvalue weighted by atomic mass is 32.1. The number of carboxylic acid groups (broad SMARTS) is 3. The summed E-state index contributed by atoms with van der Waals surface area (Å²) in [5, 5.41) is 28.5. The first kappa shape index (κ1) is 104. The first-order valence-corrected chi connectivity index (χ1v) is 51.0. The number of Topliss-reactive ketones (excluding diaryl/α,β-unsaturated/α-hetero) is 3. The zero-order chi connectivity index (χ0) is 102. The van der Waals surface area contributed by atoms with E-state index in [2.05, 4.69) is 194 Å². The van der Waals surface area contributed by atoms with Gasteiger partial charge in [0.15, 0.2) is 34.8 Å². The van der Waals surface area contributed by atoms with Gasteiger partial charge in [-0.3, -0.25) is 43.2 Å². The van der Waals surface area contributed by atoms with Crippen molar-refractivity contribution in [3.63, 3.8) is 0 Å². The lowest BCUT2D eigenvalue weighted by molar-refractivity contribution is -0.143. The maximum atomic E-state index is 13.7. The van der Waals surface area contributed by atoms with Crippen LogP contribution in [0.5, 0.6) is 5.75 Å². The normalized spacial score (nSPS) is 15.7. The Hall–Kier alpha value is -13.5. The molecule has 3 aliphatic rings. The molecular weight excluding hydrogens is 1840 g/mol. The number of amides is 3. The monoisotopic (exact) mass is 1960 g/mol. The van der Waals surface area contributed by atoms with Crippen LogP contribution in [0.3, 0.4) is 0 Å². The number of hydrogen-bond acceptors (Lipinski definition) is 19. The average Bonchev–Trinajstić information content (AvgIpc) is 0.920. The molecule has 142 heavy (non-hydrogen) atoms. The van der Waals surface area contributed by atoms with E-state index >= 15 is 0 Å². The van der Waals surface area contributed by atoms with Gasteiger partial charge >= 0.3 is 17.9 Å². The van der Waals surface area contributed by atoms with Gasteiger partial charge in [-0.1, -0.05) is 268 Å². The van der Waals surface area contributed by atoms with E-state index in [1.165, 1.54) is 45.1 Å². The molecule has 0 saturated carbocycles. The first-order chi connectivity index (χ1) is 67.4. The maximum Gasteiger partial charge on any atom is 0.308 e. The van der Waals surface area contributed by atoms with E-state index in [4.69, 9.17) is 4.74 Å². The number of thiophene rings is 3. The topological polar surface area (TPSA) is 311 Å². The second-order valence-corrected chi connectivity index (χ2v) is 46.0. The molecule has 3 saturated heterocycles. The van der Waals surface area contributed by atoms with Gasteiger partial charge in [0.1, 0.15) is 5.75 Å². The molecule has 25 heteroatoms. The highest BCUT2D eigenvalue weighted by Crippen LogP contribution is 2.39. The number of carbonyl (C=O) groups excluding carboxylic acids is 6. The maximum absolute atomic E-state index is 13.7. The predicted octanol–water partition coefficient (Wildman–Crippen LogP) is 24.0. The number of carboxylic acids is 3. The number of nitrogens with zero attached hydrogens (tertiary/aromatic N) is 9. The summed E-state index contributed by atoms with van der Waals surface area (Å²) in [5.74, 6) is -4.27. The van der Waals surface area contributed by atoms with Crippen molar-refractivity contribution in [2.24, 2.45) is 40.9 Å². The molecule has 0 unspecified atom stereocenters. The number of likely N-dealkylation sites (tertiary alicyclic amines) is 3. The molecule has 3 fully saturated rings. The van der Waals surface area contributed by atoms with Crippen molar-refractivity contribution in [3.05, 3.63) is 301 Å². The molecule has 6 atom stereocenters. The first-order valence-electron chi connectivity index (χ1n) is 48.6. The number of ether oxygens (including phenoxy) is 1. The van der Waals surface area contributed by atoms with Gasteiger partial charge in [0.2, 0.25) is 17.7 Å². The van der Waals surface area contributed by atoms with Crippen LogP contribution < -0.4 is 4.74 Å². The Bertz CT molecular complexity index is 6590. The fourth-order valence-electron chi connectivity index (χ4n) is 17.4. The molecule has 3 amide bonds. The Kier molecular flexibility index (Phi) is 33.2. The van der Waals surface area contributed by atoms with Crippen LogP contribution >= 0.6 is 34.0 Å². The molecule has 0 bridgehead atoms.